The summed E-state index contributed by atoms with van der Waals surface area (Å²) in [5.74, 6) is -0.766. The smallest absolute Gasteiger partial charge is 0.410 e. The maximum absolute atomic E-state index is 11.7. The largest absolute Gasteiger partial charge is 0.481 e. The van der Waals surface area contributed by atoms with Crippen LogP contribution >= 0.6 is 0 Å². The molecule has 17 heavy (non-hydrogen) atoms. The van der Waals surface area contributed by atoms with Crippen LogP contribution in [0.2, 0.25) is 0 Å². The van der Waals surface area contributed by atoms with Crippen molar-refractivity contribution < 1.29 is 19.4 Å². The quantitative estimate of drug-likeness (QED) is 0.822. The highest BCUT2D eigenvalue weighted by Crippen LogP contribution is 2.52. The summed E-state index contributed by atoms with van der Waals surface area (Å²) in [4.78, 5) is 24.0. The molecule has 0 radical (unpaired) electrons. The average molecular weight is 243 g/mol. The number of carbonyl (C=O) groups is 2. The molecule has 1 aliphatic carbocycles. The maximum atomic E-state index is 11.7. The van der Waals surface area contributed by atoms with E-state index in [1.54, 1.807) is 34.7 Å². The van der Waals surface area contributed by atoms with E-state index in [1.165, 1.54) is 4.90 Å². The fraction of sp³-hybridized carbons (Fsp3) is 0.833. The molecule has 0 saturated heterocycles. The minimum atomic E-state index is -0.792. The molecule has 0 aromatic heterocycles. The molecular formula is C12H21NO4. The molecule has 5 nitrogen and oxygen atoms in total. The van der Waals surface area contributed by atoms with Crippen LogP contribution < -0.4 is 0 Å². The Labute approximate surface area is 102 Å². The van der Waals surface area contributed by atoms with Crippen molar-refractivity contribution in [3.8, 4) is 0 Å². The van der Waals surface area contributed by atoms with Crippen LogP contribution in [0.15, 0.2) is 0 Å². The van der Waals surface area contributed by atoms with E-state index in [4.69, 9.17) is 9.84 Å². The molecule has 1 N–H and O–H groups in total. The van der Waals surface area contributed by atoms with Gasteiger partial charge in [0.05, 0.1) is 5.41 Å². The lowest BCUT2D eigenvalue weighted by atomic mass is 10.1. The summed E-state index contributed by atoms with van der Waals surface area (Å²) in [5, 5.41) is 8.99. The lowest BCUT2D eigenvalue weighted by molar-refractivity contribution is -0.143. The zero-order chi connectivity index (χ0) is 13.4. The first-order chi connectivity index (χ1) is 7.56. The van der Waals surface area contributed by atoms with Crippen LogP contribution in [-0.4, -0.2) is 41.3 Å². The predicted molar refractivity (Wildman–Crippen MR) is 62.7 cm³/mol. The molecule has 0 heterocycles. The molecule has 1 saturated carbocycles. The third kappa shape index (κ3) is 3.35. The number of hydrogen-bond donors (Lipinski definition) is 1. The first-order valence-corrected chi connectivity index (χ1v) is 5.74. The topological polar surface area (TPSA) is 66.8 Å². The lowest BCUT2D eigenvalue weighted by Gasteiger charge is -2.25. The number of carboxylic acid groups (broad SMARTS) is 1. The van der Waals surface area contributed by atoms with Crippen molar-refractivity contribution >= 4 is 12.1 Å². The minimum absolute atomic E-state index is 0.0255. The average Bonchev–Trinajstić information content (AvgIpc) is 2.75. The van der Waals surface area contributed by atoms with Gasteiger partial charge in [-0.1, -0.05) is 0 Å². The van der Waals surface area contributed by atoms with Gasteiger partial charge >= 0.3 is 12.1 Å². The van der Waals surface area contributed by atoms with Crippen molar-refractivity contribution in [1.82, 2.24) is 4.90 Å². The number of hydrogen-bond acceptors (Lipinski definition) is 3. The molecule has 0 aromatic rings. The Morgan fingerprint density at radius 1 is 1.47 bits per heavy atom. The molecule has 1 amide bonds. The molecule has 5 heteroatoms. The van der Waals surface area contributed by atoms with Crippen LogP contribution in [0.3, 0.4) is 0 Å². The Hall–Kier alpha value is -1.26. The standard InChI is InChI=1S/C12H21NO4/c1-11(2,3)17-10(16)13(5)7-8-6-12(8,4)9(14)15/h8H,6-7H2,1-5H3,(H,14,15)/t8-,12+/m0/s1. The van der Waals surface area contributed by atoms with E-state index < -0.39 is 23.1 Å². The molecule has 0 aliphatic heterocycles. The molecule has 1 aliphatic rings. The zero-order valence-electron chi connectivity index (χ0n) is 11.1. The maximum Gasteiger partial charge on any atom is 0.410 e. The summed E-state index contributed by atoms with van der Waals surface area (Å²) in [6, 6.07) is 0. The third-order valence-corrected chi connectivity index (χ3v) is 3.10. The number of aliphatic carboxylic acids is 1. The molecule has 1 rings (SSSR count). The highest BCUT2D eigenvalue weighted by atomic mass is 16.6. The summed E-state index contributed by atoms with van der Waals surface area (Å²) in [7, 11) is 1.63. The van der Waals surface area contributed by atoms with Gasteiger partial charge in [0.25, 0.3) is 0 Å². The number of carbonyl (C=O) groups excluding carboxylic acids is 1. The summed E-state index contributed by atoms with van der Waals surface area (Å²) < 4.78 is 5.20. The molecule has 1 fully saturated rings. The van der Waals surface area contributed by atoms with E-state index in [2.05, 4.69) is 0 Å². The Balaban J connectivity index is 2.44. The third-order valence-electron chi connectivity index (χ3n) is 3.10. The fourth-order valence-electron chi connectivity index (χ4n) is 1.73. The highest BCUT2D eigenvalue weighted by Gasteiger charge is 2.56. The number of nitrogens with zero attached hydrogens (tertiary/aromatic N) is 1. The second-order valence-electron chi connectivity index (χ2n) is 5.98. The van der Waals surface area contributed by atoms with E-state index in [-0.39, 0.29) is 5.92 Å². The molecule has 0 unspecified atom stereocenters. The van der Waals surface area contributed by atoms with Crippen molar-refractivity contribution in [2.24, 2.45) is 11.3 Å². The minimum Gasteiger partial charge on any atom is -0.481 e. The predicted octanol–water partition coefficient (Wildman–Crippen LogP) is 1.96. The first-order valence-electron chi connectivity index (χ1n) is 5.74. The normalized spacial score (nSPS) is 27.5. The van der Waals surface area contributed by atoms with Crippen LogP contribution in [0, 0.1) is 11.3 Å². The van der Waals surface area contributed by atoms with Gasteiger partial charge in [0, 0.05) is 13.6 Å². The number of rotatable bonds is 3. The zero-order valence-corrected chi connectivity index (χ0v) is 11.1. The van der Waals surface area contributed by atoms with E-state index in [0.29, 0.717) is 13.0 Å². The van der Waals surface area contributed by atoms with E-state index in [1.807, 2.05) is 0 Å². The second-order valence-corrected chi connectivity index (χ2v) is 5.98. The number of amides is 1. The fourth-order valence-corrected chi connectivity index (χ4v) is 1.73. The molecule has 0 aromatic carbocycles. The molecule has 0 spiro atoms. The summed E-state index contributed by atoms with van der Waals surface area (Å²) in [6.45, 7) is 7.55. The van der Waals surface area contributed by atoms with Crippen molar-refractivity contribution in [3.63, 3.8) is 0 Å². The van der Waals surface area contributed by atoms with Gasteiger partial charge in [-0.05, 0) is 40.0 Å². The van der Waals surface area contributed by atoms with Gasteiger partial charge < -0.3 is 14.7 Å². The van der Waals surface area contributed by atoms with E-state index in [0.717, 1.165) is 0 Å². The molecule has 0 bridgehead atoms. The molecule has 98 valence electrons. The number of ether oxygens (including phenoxy) is 1. The van der Waals surface area contributed by atoms with Gasteiger partial charge in [0.2, 0.25) is 0 Å². The van der Waals surface area contributed by atoms with Crippen LogP contribution in [0.5, 0.6) is 0 Å². The van der Waals surface area contributed by atoms with E-state index >= 15 is 0 Å². The molecular weight excluding hydrogens is 222 g/mol. The van der Waals surface area contributed by atoms with Crippen molar-refractivity contribution in [2.75, 3.05) is 13.6 Å². The first kappa shape index (κ1) is 13.8. The van der Waals surface area contributed by atoms with Gasteiger partial charge in [-0.15, -0.1) is 0 Å². The van der Waals surface area contributed by atoms with Crippen molar-refractivity contribution in [1.29, 1.82) is 0 Å². The summed E-state index contributed by atoms with van der Waals surface area (Å²) >= 11 is 0. The Bertz CT molecular complexity index is 334. The SMILES string of the molecule is CN(C[C@@H]1C[C@@]1(C)C(=O)O)C(=O)OC(C)(C)C. The molecule has 2 atom stereocenters. The van der Waals surface area contributed by atoms with Gasteiger partial charge in [-0.3, -0.25) is 4.79 Å². The van der Waals surface area contributed by atoms with Crippen molar-refractivity contribution in [2.45, 2.75) is 39.7 Å². The number of carboxylic acids is 1. The van der Waals surface area contributed by atoms with Crippen LogP contribution in [-0.2, 0) is 9.53 Å². The Morgan fingerprint density at radius 2 is 2.00 bits per heavy atom. The van der Waals surface area contributed by atoms with E-state index in [9.17, 15) is 9.59 Å². The van der Waals surface area contributed by atoms with Crippen LogP contribution in [0.4, 0.5) is 4.79 Å². The van der Waals surface area contributed by atoms with Crippen LogP contribution in [0.1, 0.15) is 34.1 Å². The highest BCUT2D eigenvalue weighted by molar-refractivity contribution is 5.78. The lowest BCUT2D eigenvalue weighted by Crippen LogP contribution is -2.36. The van der Waals surface area contributed by atoms with Gasteiger partial charge in [-0.25, -0.2) is 4.79 Å². The second kappa shape index (κ2) is 4.20. The summed E-state index contributed by atoms with van der Waals surface area (Å²) in [5.41, 5.74) is -1.19. The Morgan fingerprint density at radius 3 is 2.35 bits per heavy atom. The van der Waals surface area contributed by atoms with Gasteiger partial charge in [-0.2, -0.15) is 0 Å². The summed E-state index contributed by atoms with van der Waals surface area (Å²) in [6.07, 6.45) is 0.215. The van der Waals surface area contributed by atoms with Crippen LogP contribution in [0.25, 0.3) is 0 Å². The monoisotopic (exact) mass is 243 g/mol. The van der Waals surface area contributed by atoms with Crippen molar-refractivity contribution in [3.05, 3.63) is 0 Å². The Kier molecular flexibility index (Phi) is 3.41. The van der Waals surface area contributed by atoms with Gasteiger partial charge in [0.15, 0.2) is 0 Å². The van der Waals surface area contributed by atoms with Gasteiger partial charge in [0.1, 0.15) is 5.60 Å².